The minimum Gasteiger partial charge on any atom is -0.336 e. The monoisotopic (exact) mass is 413 g/mol. The summed E-state index contributed by atoms with van der Waals surface area (Å²) in [5.74, 6) is 0.154. The van der Waals surface area contributed by atoms with E-state index in [4.69, 9.17) is 11.6 Å². The van der Waals surface area contributed by atoms with Gasteiger partial charge in [0.05, 0.1) is 11.4 Å². The number of halogens is 1. The van der Waals surface area contributed by atoms with Crippen molar-refractivity contribution in [2.24, 2.45) is 0 Å². The van der Waals surface area contributed by atoms with Crippen LogP contribution in [0.3, 0.4) is 0 Å². The first kappa shape index (κ1) is 20.6. The topological polar surface area (TPSA) is 60.9 Å². The van der Waals surface area contributed by atoms with E-state index in [-0.39, 0.29) is 22.9 Å². The van der Waals surface area contributed by atoms with Crippen molar-refractivity contribution in [1.82, 2.24) is 14.1 Å². The molecule has 6 nitrogen and oxygen atoms in total. The van der Waals surface area contributed by atoms with E-state index in [1.54, 1.807) is 18.2 Å². The van der Waals surface area contributed by atoms with Crippen molar-refractivity contribution in [3.8, 4) is 0 Å². The van der Waals surface area contributed by atoms with Gasteiger partial charge in [-0.25, -0.2) is 8.42 Å². The van der Waals surface area contributed by atoms with Crippen molar-refractivity contribution >= 4 is 27.5 Å². The molecule has 0 spiro atoms. The van der Waals surface area contributed by atoms with Crippen molar-refractivity contribution in [2.75, 3.05) is 32.7 Å². The lowest BCUT2D eigenvalue weighted by atomic mass is 9.97. The zero-order chi connectivity index (χ0) is 19.6. The summed E-state index contributed by atoms with van der Waals surface area (Å²) in [7, 11) is -3.55. The summed E-state index contributed by atoms with van der Waals surface area (Å²) in [5, 5.41) is 0.407. The molecule has 150 valence electrons. The fourth-order valence-electron chi connectivity index (χ4n) is 4.09. The molecule has 2 aliphatic heterocycles. The van der Waals surface area contributed by atoms with Gasteiger partial charge in [-0.3, -0.25) is 9.69 Å². The van der Waals surface area contributed by atoms with E-state index in [2.05, 4.69) is 18.7 Å². The highest BCUT2D eigenvalue weighted by Gasteiger charge is 2.32. The molecule has 2 atom stereocenters. The van der Waals surface area contributed by atoms with Crippen LogP contribution in [0.1, 0.15) is 33.1 Å². The fraction of sp³-hybridized carbons (Fsp3) is 0.632. The van der Waals surface area contributed by atoms with Gasteiger partial charge in [-0.2, -0.15) is 4.31 Å². The summed E-state index contributed by atoms with van der Waals surface area (Å²) >= 11 is 5.93. The number of carbonyl (C=O) groups is 1. The molecule has 1 amide bonds. The lowest BCUT2D eigenvalue weighted by molar-refractivity contribution is -0.138. The number of carbonyl (C=O) groups excluding carboxylic acids is 1. The Morgan fingerprint density at radius 2 is 1.74 bits per heavy atom. The number of rotatable bonds is 4. The number of likely N-dealkylation sites (tertiary alicyclic amines) is 1. The van der Waals surface area contributed by atoms with E-state index in [1.807, 2.05) is 4.90 Å². The van der Waals surface area contributed by atoms with E-state index in [1.165, 1.54) is 16.8 Å². The van der Waals surface area contributed by atoms with Gasteiger partial charge in [0.2, 0.25) is 15.9 Å². The molecule has 2 heterocycles. The van der Waals surface area contributed by atoms with Gasteiger partial charge in [-0.1, -0.05) is 17.7 Å². The number of piperidine rings is 1. The fourth-order valence-corrected chi connectivity index (χ4v) is 5.81. The predicted molar refractivity (Wildman–Crippen MR) is 106 cm³/mol. The summed E-state index contributed by atoms with van der Waals surface area (Å²) in [6.45, 7) is 6.47. The maximum absolute atomic E-state index is 12.8. The standard InChI is InChI=1S/C19H28ClN3O3S/c1-15-5-3-6-16(2)23(15)19(24)14-21-9-11-22(12-10-21)27(25,26)18-8-4-7-17(20)13-18/h4,7-8,13,15-16H,3,5-6,9-12,14H2,1-2H3/t15-,16-/m1/s1. The Hall–Kier alpha value is -1.15. The van der Waals surface area contributed by atoms with Crippen LogP contribution in [0.15, 0.2) is 29.2 Å². The third kappa shape index (κ3) is 4.65. The van der Waals surface area contributed by atoms with Crippen LogP contribution >= 0.6 is 11.6 Å². The first-order valence-electron chi connectivity index (χ1n) is 9.58. The number of sulfonamides is 1. The zero-order valence-electron chi connectivity index (χ0n) is 16.0. The van der Waals surface area contributed by atoms with Gasteiger partial charge in [0.25, 0.3) is 0 Å². The van der Waals surface area contributed by atoms with Crippen molar-refractivity contribution in [3.05, 3.63) is 29.3 Å². The predicted octanol–water partition coefficient (Wildman–Crippen LogP) is 2.44. The van der Waals surface area contributed by atoms with E-state index in [9.17, 15) is 13.2 Å². The molecule has 2 fully saturated rings. The maximum Gasteiger partial charge on any atom is 0.243 e. The smallest absolute Gasteiger partial charge is 0.243 e. The molecule has 0 saturated carbocycles. The third-order valence-corrected chi connectivity index (χ3v) is 7.74. The molecule has 1 aromatic carbocycles. The first-order chi connectivity index (χ1) is 12.8. The quantitative estimate of drug-likeness (QED) is 0.760. The van der Waals surface area contributed by atoms with Gasteiger partial charge in [0.1, 0.15) is 0 Å². The molecule has 0 aliphatic carbocycles. The summed E-state index contributed by atoms with van der Waals surface area (Å²) in [6, 6.07) is 6.91. The Bertz CT molecular complexity index is 768. The second kappa shape index (κ2) is 8.47. The molecular weight excluding hydrogens is 386 g/mol. The highest BCUT2D eigenvalue weighted by molar-refractivity contribution is 7.89. The molecule has 0 bridgehead atoms. The van der Waals surface area contributed by atoms with Crippen LogP contribution in [0.4, 0.5) is 0 Å². The van der Waals surface area contributed by atoms with Gasteiger partial charge in [-0.05, 0) is 51.3 Å². The van der Waals surface area contributed by atoms with Crippen molar-refractivity contribution in [1.29, 1.82) is 0 Å². The average Bonchev–Trinajstić information content (AvgIpc) is 2.62. The number of piperazine rings is 1. The molecule has 0 radical (unpaired) electrons. The first-order valence-corrected chi connectivity index (χ1v) is 11.4. The Balaban J connectivity index is 1.58. The molecule has 2 aliphatic rings. The number of hydrogen-bond donors (Lipinski definition) is 0. The van der Waals surface area contributed by atoms with Gasteiger partial charge in [-0.15, -0.1) is 0 Å². The number of benzene rings is 1. The molecule has 27 heavy (non-hydrogen) atoms. The number of amides is 1. The Morgan fingerprint density at radius 3 is 2.33 bits per heavy atom. The molecule has 0 unspecified atom stereocenters. The molecule has 8 heteroatoms. The molecule has 1 aromatic rings. The molecular formula is C19H28ClN3O3S. The highest BCUT2D eigenvalue weighted by atomic mass is 35.5. The normalized spacial score (nSPS) is 25.5. The minimum absolute atomic E-state index is 0.154. The maximum atomic E-state index is 12.8. The number of hydrogen-bond acceptors (Lipinski definition) is 4. The van der Waals surface area contributed by atoms with Crippen LogP contribution in [0.5, 0.6) is 0 Å². The third-order valence-electron chi connectivity index (χ3n) is 5.61. The summed E-state index contributed by atoms with van der Waals surface area (Å²) in [5.41, 5.74) is 0. The molecule has 0 aromatic heterocycles. The van der Waals surface area contributed by atoms with Crippen LogP contribution in [0.25, 0.3) is 0 Å². The SMILES string of the molecule is C[C@@H]1CCC[C@@H](C)N1C(=O)CN1CCN(S(=O)(=O)c2cccc(Cl)c2)CC1. The van der Waals surface area contributed by atoms with Crippen LogP contribution in [-0.4, -0.2) is 73.2 Å². The van der Waals surface area contributed by atoms with Crippen molar-refractivity contribution in [3.63, 3.8) is 0 Å². The second-order valence-electron chi connectivity index (χ2n) is 7.57. The molecule has 3 rings (SSSR count). The van der Waals surface area contributed by atoms with Crippen molar-refractivity contribution < 1.29 is 13.2 Å². The van der Waals surface area contributed by atoms with Crippen molar-refractivity contribution in [2.45, 2.75) is 50.1 Å². The van der Waals surface area contributed by atoms with Crippen LogP contribution < -0.4 is 0 Å². The Morgan fingerprint density at radius 1 is 1.11 bits per heavy atom. The van der Waals surface area contributed by atoms with E-state index >= 15 is 0 Å². The zero-order valence-corrected chi connectivity index (χ0v) is 17.5. The van der Waals surface area contributed by atoms with Gasteiger partial charge < -0.3 is 4.90 Å². The van der Waals surface area contributed by atoms with Crippen LogP contribution in [0, 0.1) is 0 Å². The largest absolute Gasteiger partial charge is 0.336 e. The van der Waals surface area contributed by atoms with Gasteiger partial charge in [0, 0.05) is 43.3 Å². The molecule has 0 N–H and O–H groups in total. The Labute approximate surface area is 167 Å². The van der Waals surface area contributed by atoms with E-state index in [0.717, 1.165) is 12.8 Å². The summed E-state index contributed by atoms with van der Waals surface area (Å²) in [6.07, 6.45) is 3.29. The average molecular weight is 414 g/mol. The van der Waals surface area contributed by atoms with Crippen LogP contribution in [-0.2, 0) is 14.8 Å². The lowest BCUT2D eigenvalue weighted by Crippen LogP contribution is -2.54. The van der Waals surface area contributed by atoms with E-state index in [0.29, 0.717) is 37.7 Å². The van der Waals surface area contributed by atoms with Gasteiger partial charge >= 0.3 is 0 Å². The minimum atomic E-state index is -3.55. The second-order valence-corrected chi connectivity index (χ2v) is 9.94. The highest BCUT2D eigenvalue weighted by Crippen LogP contribution is 2.24. The Kier molecular flexibility index (Phi) is 6.46. The summed E-state index contributed by atoms with van der Waals surface area (Å²) < 4.78 is 27.0. The number of nitrogens with zero attached hydrogens (tertiary/aromatic N) is 3. The van der Waals surface area contributed by atoms with Gasteiger partial charge in [0.15, 0.2) is 0 Å². The molecule has 2 saturated heterocycles. The lowest BCUT2D eigenvalue weighted by Gasteiger charge is -2.41. The summed E-state index contributed by atoms with van der Waals surface area (Å²) in [4.78, 5) is 17.0. The van der Waals surface area contributed by atoms with Crippen LogP contribution in [0.2, 0.25) is 5.02 Å². The van der Waals surface area contributed by atoms with E-state index < -0.39 is 10.0 Å².